The van der Waals surface area contributed by atoms with Crippen LogP contribution < -0.4 is 9.62 Å². The molecule has 45 heavy (non-hydrogen) atoms. The number of anilines is 1. The van der Waals surface area contributed by atoms with E-state index in [1.165, 1.54) is 4.90 Å². The summed E-state index contributed by atoms with van der Waals surface area (Å²) in [6.07, 6.45) is 4.11. The Morgan fingerprint density at radius 3 is 2.09 bits per heavy atom. The van der Waals surface area contributed by atoms with Crippen LogP contribution in [0.25, 0.3) is 0 Å². The van der Waals surface area contributed by atoms with Gasteiger partial charge < -0.3 is 10.2 Å². The Kier molecular flexibility index (Phi) is 10.6. The highest BCUT2D eigenvalue weighted by Crippen LogP contribution is 2.26. The zero-order valence-corrected chi connectivity index (χ0v) is 26.9. The van der Waals surface area contributed by atoms with Gasteiger partial charge in [0.25, 0.3) is 10.0 Å². The lowest BCUT2D eigenvalue weighted by Crippen LogP contribution is -2.54. The largest absolute Gasteiger partial charge is 0.352 e. The number of hydrogen-bond acceptors (Lipinski definition) is 4. The molecule has 0 unspecified atom stereocenters. The van der Waals surface area contributed by atoms with Crippen LogP contribution in [-0.4, -0.2) is 43.8 Å². The van der Waals surface area contributed by atoms with E-state index in [1.807, 2.05) is 49.4 Å². The number of carbonyl (C=O) groups excluding carboxylic acids is 2. The molecule has 7 nitrogen and oxygen atoms in total. The maximum atomic E-state index is 14.5. The normalized spacial score (nSPS) is 14.1. The quantitative estimate of drug-likeness (QED) is 0.190. The van der Waals surface area contributed by atoms with E-state index in [1.54, 1.807) is 66.7 Å². The van der Waals surface area contributed by atoms with Crippen LogP contribution in [0.5, 0.6) is 0 Å². The summed E-state index contributed by atoms with van der Waals surface area (Å²) in [6.45, 7) is 1.40. The predicted molar refractivity (Wildman–Crippen MR) is 178 cm³/mol. The van der Waals surface area contributed by atoms with Gasteiger partial charge in [-0.2, -0.15) is 0 Å². The molecule has 234 valence electrons. The molecule has 0 radical (unpaired) electrons. The zero-order valence-electron chi connectivity index (χ0n) is 25.3. The molecule has 1 N–H and O–H groups in total. The van der Waals surface area contributed by atoms with Gasteiger partial charge in [0.05, 0.1) is 10.6 Å². The van der Waals surface area contributed by atoms with E-state index in [2.05, 4.69) is 5.32 Å². The van der Waals surface area contributed by atoms with Crippen LogP contribution in [0.4, 0.5) is 5.69 Å². The molecule has 1 atom stereocenters. The number of rotatable bonds is 12. The predicted octanol–water partition coefficient (Wildman–Crippen LogP) is 6.54. The molecule has 4 aromatic carbocycles. The van der Waals surface area contributed by atoms with Gasteiger partial charge in [0, 0.05) is 24.0 Å². The molecular weight excluding hydrogens is 606 g/mol. The van der Waals surface area contributed by atoms with Gasteiger partial charge in [0.15, 0.2) is 0 Å². The van der Waals surface area contributed by atoms with Crippen molar-refractivity contribution < 1.29 is 18.0 Å². The summed E-state index contributed by atoms with van der Waals surface area (Å²) < 4.78 is 29.3. The topological polar surface area (TPSA) is 86.8 Å². The minimum atomic E-state index is -4.14. The number of benzene rings is 4. The van der Waals surface area contributed by atoms with Gasteiger partial charge in [-0.1, -0.05) is 109 Å². The first-order valence-electron chi connectivity index (χ1n) is 15.2. The number of aryl methyl sites for hydroxylation is 1. The first-order chi connectivity index (χ1) is 21.7. The Hall–Kier alpha value is -4.14. The Labute approximate surface area is 270 Å². The first-order valence-corrected chi connectivity index (χ1v) is 17.1. The van der Waals surface area contributed by atoms with Gasteiger partial charge in [-0.3, -0.25) is 13.9 Å². The SMILES string of the molecule is Cc1ccc(S(=O)(=O)N(CC(=O)N(Cc2ccccc2Cl)[C@@H](Cc2ccccc2)C(=O)NC2CCCC2)c2ccccc2)cc1. The van der Waals surface area contributed by atoms with E-state index >= 15 is 0 Å². The van der Waals surface area contributed by atoms with Crippen LogP contribution >= 0.6 is 11.6 Å². The third-order valence-electron chi connectivity index (χ3n) is 8.20. The summed E-state index contributed by atoms with van der Waals surface area (Å²) in [5.41, 5.74) is 2.80. The zero-order chi connectivity index (χ0) is 31.8. The minimum absolute atomic E-state index is 0.0291. The minimum Gasteiger partial charge on any atom is -0.352 e. The fraction of sp³-hybridized carbons (Fsp3) is 0.278. The van der Waals surface area contributed by atoms with E-state index in [4.69, 9.17) is 11.6 Å². The van der Waals surface area contributed by atoms with Crippen molar-refractivity contribution in [3.8, 4) is 0 Å². The Bertz CT molecular complexity index is 1690. The van der Waals surface area contributed by atoms with Gasteiger partial charge in [0.2, 0.25) is 11.8 Å². The summed E-state index contributed by atoms with van der Waals surface area (Å²) in [6, 6.07) is 30.9. The van der Waals surface area contributed by atoms with Gasteiger partial charge in [-0.05, 0) is 61.2 Å². The second-order valence-electron chi connectivity index (χ2n) is 11.5. The number of amides is 2. The second kappa shape index (κ2) is 14.8. The third-order valence-corrected chi connectivity index (χ3v) is 10.4. The van der Waals surface area contributed by atoms with Gasteiger partial charge in [-0.25, -0.2) is 8.42 Å². The summed E-state index contributed by atoms with van der Waals surface area (Å²) in [5, 5.41) is 3.64. The third kappa shape index (κ3) is 8.12. The molecule has 0 spiro atoms. The fourth-order valence-electron chi connectivity index (χ4n) is 5.69. The Morgan fingerprint density at radius 2 is 1.44 bits per heavy atom. The summed E-state index contributed by atoms with van der Waals surface area (Å²) in [5.74, 6) is -0.782. The van der Waals surface area contributed by atoms with Crippen molar-refractivity contribution in [1.82, 2.24) is 10.2 Å². The Balaban J connectivity index is 1.56. The molecule has 9 heteroatoms. The molecule has 0 aromatic heterocycles. The number of carbonyl (C=O) groups is 2. The molecule has 5 rings (SSSR count). The van der Waals surface area contributed by atoms with Crippen molar-refractivity contribution in [3.63, 3.8) is 0 Å². The van der Waals surface area contributed by atoms with Crippen LogP contribution in [0.3, 0.4) is 0 Å². The first kappa shape index (κ1) is 32.3. The van der Waals surface area contributed by atoms with Crippen molar-refractivity contribution in [3.05, 3.63) is 131 Å². The maximum absolute atomic E-state index is 14.5. The Morgan fingerprint density at radius 1 is 0.844 bits per heavy atom. The molecule has 0 bridgehead atoms. The molecule has 0 aliphatic heterocycles. The molecule has 4 aromatic rings. The highest BCUT2D eigenvalue weighted by Gasteiger charge is 2.35. The average molecular weight is 644 g/mol. The lowest BCUT2D eigenvalue weighted by Gasteiger charge is -2.34. The smallest absolute Gasteiger partial charge is 0.264 e. The van der Waals surface area contributed by atoms with E-state index in [0.29, 0.717) is 16.3 Å². The number of hydrogen-bond donors (Lipinski definition) is 1. The highest BCUT2D eigenvalue weighted by molar-refractivity contribution is 7.92. The van der Waals surface area contributed by atoms with Gasteiger partial charge in [0.1, 0.15) is 12.6 Å². The monoisotopic (exact) mass is 643 g/mol. The van der Waals surface area contributed by atoms with Crippen LogP contribution in [0.2, 0.25) is 5.02 Å². The average Bonchev–Trinajstić information content (AvgIpc) is 3.56. The van der Waals surface area contributed by atoms with Crippen molar-refractivity contribution in [2.24, 2.45) is 0 Å². The van der Waals surface area contributed by atoms with Gasteiger partial charge >= 0.3 is 0 Å². The molecule has 0 saturated heterocycles. The summed E-state index contributed by atoms with van der Waals surface area (Å²) in [4.78, 5) is 30.2. The number of para-hydroxylation sites is 1. The van der Waals surface area contributed by atoms with E-state index in [0.717, 1.165) is 41.1 Å². The van der Waals surface area contributed by atoms with Crippen LogP contribution in [0, 0.1) is 6.92 Å². The van der Waals surface area contributed by atoms with E-state index in [-0.39, 0.29) is 29.8 Å². The van der Waals surface area contributed by atoms with Crippen molar-refractivity contribution in [1.29, 1.82) is 0 Å². The van der Waals surface area contributed by atoms with Gasteiger partial charge in [-0.15, -0.1) is 0 Å². The van der Waals surface area contributed by atoms with Crippen LogP contribution in [-0.2, 0) is 32.6 Å². The summed E-state index contributed by atoms with van der Waals surface area (Å²) in [7, 11) is -4.14. The summed E-state index contributed by atoms with van der Waals surface area (Å²) >= 11 is 6.58. The molecule has 1 aliphatic carbocycles. The molecule has 1 saturated carbocycles. The van der Waals surface area contributed by atoms with E-state index < -0.39 is 28.5 Å². The number of sulfonamides is 1. The highest BCUT2D eigenvalue weighted by atomic mass is 35.5. The van der Waals surface area contributed by atoms with Crippen molar-refractivity contribution in [2.45, 2.75) is 62.6 Å². The number of nitrogens with one attached hydrogen (secondary N) is 1. The van der Waals surface area contributed by atoms with Crippen LogP contribution in [0.15, 0.2) is 114 Å². The molecule has 1 fully saturated rings. The standard InChI is InChI=1S/C36H38ClN3O4S/c1-27-20-22-32(23-21-27)45(43,44)40(31-17-6-3-7-18-31)26-35(41)39(25-29-14-8-11-19-33(29)37)34(24-28-12-4-2-5-13-28)36(42)38-30-15-9-10-16-30/h2-8,11-14,17-23,30,34H,9-10,15-16,24-26H2,1H3,(H,38,42)/t34-/m0/s1. The second-order valence-corrected chi connectivity index (χ2v) is 13.7. The number of nitrogens with zero attached hydrogens (tertiary/aromatic N) is 2. The van der Waals surface area contributed by atoms with Crippen LogP contribution in [0.1, 0.15) is 42.4 Å². The van der Waals surface area contributed by atoms with Crippen molar-refractivity contribution >= 4 is 39.1 Å². The number of halogens is 1. The molecule has 2 amide bonds. The molecule has 1 aliphatic rings. The lowest BCUT2D eigenvalue weighted by molar-refractivity contribution is -0.140. The van der Waals surface area contributed by atoms with E-state index in [9.17, 15) is 18.0 Å². The lowest BCUT2D eigenvalue weighted by atomic mass is 10.0. The fourth-order valence-corrected chi connectivity index (χ4v) is 7.30. The maximum Gasteiger partial charge on any atom is 0.264 e. The molecular formula is C36H38ClN3O4S. The van der Waals surface area contributed by atoms with Crippen molar-refractivity contribution in [2.75, 3.05) is 10.8 Å². The molecule has 0 heterocycles.